The number of piperazine rings is 1. The molecule has 4 rings (SSSR count). The smallest absolute Gasteiger partial charge is 0.490 e. The molecular weight excluding hydrogens is 548 g/mol. The molecule has 2 fully saturated rings. The van der Waals surface area contributed by atoms with E-state index in [1.165, 1.54) is 0 Å². The zero-order chi connectivity index (χ0) is 28.4. The topological polar surface area (TPSA) is 91.4 Å². The van der Waals surface area contributed by atoms with E-state index in [0.29, 0.717) is 31.7 Å². The summed E-state index contributed by atoms with van der Waals surface area (Å²) in [5.41, 5.74) is 3.61. The molecule has 2 heterocycles. The molecule has 2 amide bonds. The van der Waals surface area contributed by atoms with Crippen LogP contribution in [-0.4, -0.2) is 81.3 Å². The Morgan fingerprint density at radius 3 is 2.17 bits per heavy atom. The third-order valence-corrected chi connectivity index (χ3v) is 6.25. The Morgan fingerprint density at radius 1 is 1.00 bits per heavy atom. The summed E-state index contributed by atoms with van der Waals surface area (Å²) in [5.74, 6) is -0.234. The molecule has 0 saturated carbocycles. The molecule has 213 valence electrons. The fourth-order valence-electron chi connectivity index (χ4n) is 4.17. The van der Waals surface area contributed by atoms with Crippen molar-refractivity contribution in [2.24, 2.45) is 0 Å². The summed E-state index contributed by atoms with van der Waals surface area (Å²) in [5, 5.41) is 2.49. The number of allylic oxidation sites excluding steroid dienone is 1. The number of ketones is 1. The first kappa shape index (κ1) is 32.9. The number of nitrogens with one attached hydrogen (secondary N) is 1. The number of aryl methyl sites for hydroxylation is 1. The Morgan fingerprint density at radius 2 is 1.62 bits per heavy atom. The maximum absolute atomic E-state index is 12.1. The van der Waals surface area contributed by atoms with Gasteiger partial charge in [0.15, 0.2) is 0 Å². The second-order valence-corrected chi connectivity index (χ2v) is 10.3. The molecule has 2 aromatic rings. The van der Waals surface area contributed by atoms with E-state index in [0.717, 1.165) is 55.0 Å². The molecule has 1 radical (unpaired) electrons. The Bertz CT molecular complexity index is 1140. The molecule has 9 nitrogen and oxygen atoms in total. The van der Waals surface area contributed by atoms with E-state index in [-0.39, 0.29) is 29.2 Å². The minimum absolute atomic E-state index is 0. The number of anilines is 3. The van der Waals surface area contributed by atoms with Crippen molar-refractivity contribution < 1.29 is 41.2 Å². The van der Waals surface area contributed by atoms with E-state index in [2.05, 4.69) is 21.2 Å². The first-order valence-electron chi connectivity index (χ1n) is 13.0. The predicted octanol–water partition coefficient (Wildman–Crippen LogP) is 4.02. The summed E-state index contributed by atoms with van der Waals surface area (Å²) in [6.07, 6.45) is 2.42. The van der Waals surface area contributed by atoms with Gasteiger partial charge in [0.05, 0.1) is 25.4 Å². The van der Waals surface area contributed by atoms with Gasteiger partial charge in [0.1, 0.15) is 5.60 Å². The van der Waals surface area contributed by atoms with Gasteiger partial charge in [0.2, 0.25) is 0 Å². The Balaban J connectivity index is 0.000000301. The maximum Gasteiger partial charge on any atom is 3.00 e. The van der Waals surface area contributed by atoms with Gasteiger partial charge in [-0.2, -0.15) is 6.08 Å². The fraction of sp³-hybridized carbons (Fsp3) is 0.433. The predicted molar refractivity (Wildman–Crippen MR) is 152 cm³/mol. The van der Waals surface area contributed by atoms with Gasteiger partial charge in [-0.3, -0.25) is 6.58 Å². The van der Waals surface area contributed by atoms with E-state index in [4.69, 9.17) is 16.1 Å². The van der Waals surface area contributed by atoms with Gasteiger partial charge in [-0.05, 0) is 26.5 Å². The molecular formula is C30H37CrN4O5. The summed E-state index contributed by atoms with van der Waals surface area (Å²) in [6, 6.07) is 14.7. The number of carbonyl (C=O) groups is 2. The van der Waals surface area contributed by atoms with Crippen LogP contribution in [0.1, 0.15) is 36.7 Å². The molecule has 10 heteroatoms. The van der Waals surface area contributed by atoms with Crippen molar-refractivity contribution in [1.29, 1.82) is 0 Å². The Hall–Kier alpha value is -3.32. The third-order valence-electron chi connectivity index (χ3n) is 6.25. The van der Waals surface area contributed by atoms with Crippen LogP contribution in [0.15, 0.2) is 42.5 Å². The van der Waals surface area contributed by atoms with Crippen LogP contribution in [0.4, 0.5) is 21.9 Å². The minimum atomic E-state index is -0.493. The molecule has 0 bridgehead atoms. The Kier molecular flexibility index (Phi) is 12.7. The van der Waals surface area contributed by atoms with Gasteiger partial charge in [0, 0.05) is 45.0 Å². The van der Waals surface area contributed by atoms with Gasteiger partial charge >= 0.3 is 23.5 Å². The number of hydrogen-bond acceptors (Lipinski definition) is 7. The quantitative estimate of drug-likeness (QED) is 0.237. The van der Waals surface area contributed by atoms with E-state index in [9.17, 15) is 14.4 Å². The Labute approximate surface area is 248 Å². The van der Waals surface area contributed by atoms with E-state index in [1.807, 2.05) is 64.1 Å². The van der Waals surface area contributed by atoms with Crippen molar-refractivity contribution in [3.63, 3.8) is 0 Å². The molecule has 2 saturated heterocycles. The number of amides is 2. The summed E-state index contributed by atoms with van der Waals surface area (Å²) in [6.45, 7) is 18.6. The second kappa shape index (κ2) is 15.5. The van der Waals surface area contributed by atoms with Crippen molar-refractivity contribution in [3.05, 3.63) is 66.2 Å². The fourth-order valence-corrected chi connectivity index (χ4v) is 4.17. The summed E-state index contributed by atoms with van der Waals surface area (Å²) in [7, 11) is 0. The monoisotopic (exact) mass is 585 g/mol. The van der Waals surface area contributed by atoms with Gasteiger partial charge in [-0.25, -0.2) is 4.79 Å². The van der Waals surface area contributed by atoms with Gasteiger partial charge < -0.3 is 39.1 Å². The van der Waals surface area contributed by atoms with Crippen LogP contribution in [0.5, 0.6) is 0 Å². The van der Waals surface area contributed by atoms with E-state index >= 15 is 0 Å². The number of rotatable bonds is 6. The van der Waals surface area contributed by atoms with Gasteiger partial charge in [-0.1, -0.05) is 19.1 Å². The van der Waals surface area contributed by atoms with Crippen molar-refractivity contribution in [2.45, 2.75) is 33.3 Å². The molecule has 40 heavy (non-hydrogen) atoms. The first-order valence-corrected chi connectivity index (χ1v) is 13.0. The van der Waals surface area contributed by atoms with Crippen LogP contribution in [0, 0.1) is 19.6 Å². The van der Waals surface area contributed by atoms with Gasteiger partial charge in [-0.15, -0.1) is 47.1 Å². The normalized spacial score (nSPS) is 15.2. The van der Waals surface area contributed by atoms with Crippen molar-refractivity contribution in [1.82, 2.24) is 4.90 Å². The average Bonchev–Trinajstić information content (AvgIpc) is 2.93. The zero-order valence-corrected chi connectivity index (χ0v) is 24.8. The molecule has 1 N–H and O–H groups in total. The largest absolute Gasteiger partial charge is 3.00 e. The van der Waals surface area contributed by atoms with Crippen LogP contribution in [0.3, 0.4) is 0 Å². The molecule has 0 spiro atoms. The van der Waals surface area contributed by atoms with Crippen LogP contribution >= 0.6 is 0 Å². The average molecular weight is 586 g/mol. The molecule has 0 aromatic heterocycles. The van der Waals surface area contributed by atoms with Crippen LogP contribution < -0.4 is 15.1 Å². The van der Waals surface area contributed by atoms with E-state index in [1.54, 1.807) is 11.3 Å². The molecule has 2 aliphatic heterocycles. The van der Waals surface area contributed by atoms with Crippen LogP contribution in [0.2, 0.25) is 0 Å². The second-order valence-electron chi connectivity index (χ2n) is 10.3. The summed E-state index contributed by atoms with van der Waals surface area (Å²) in [4.78, 5) is 40.1. The number of ether oxygens (including phenoxy) is 2. The standard InChI is InChI=1S/C19H24N2O3.C11H13N2O2.Cr/c1-6-17(22)16-13-15(8-7-14(16)2)20-9-11-21(12-10-20)18(23)24-19(3,4)5;14-9-12-10-1-3-11(4-2-10)13-5-7-15-8-6-13;/h1,6-8H,9-12H2,2-5H3;1-4H,5-8H2,(H,12,14);/q-2;-1;+3. The molecule has 0 aliphatic carbocycles. The van der Waals surface area contributed by atoms with Gasteiger partial charge in [0.25, 0.3) is 0 Å². The van der Waals surface area contributed by atoms with E-state index < -0.39 is 5.60 Å². The molecule has 2 aliphatic rings. The summed E-state index contributed by atoms with van der Waals surface area (Å²) < 4.78 is 10.7. The van der Waals surface area contributed by atoms with Crippen molar-refractivity contribution in [3.8, 4) is 0 Å². The van der Waals surface area contributed by atoms with Crippen LogP contribution in [-0.2, 0) is 31.6 Å². The van der Waals surface area contributed by atoms with Crippen LogP contribution in [0.25, 0.3) is 0 Å². The molecule has 0 atom stereocenters. The number of morpholine rings is 1. The first-order chi connectivity index (χ1) is 18.6. The minimum Gasteiger partial charge on any atom is -0.490 e. The van der Waals surface area contributed by atoms with Crippen molar-refractivity contribution >= 4 is 35.3 Å². The zero-order valence-electron chi connectivity index (χ0n) is 23.6. The number of carbonyl (C=O) groups excluding carboxylic acids is 3. The SMILES string of the molecule is O=[C-]Nc1ccc(N2CCOCC2)cc1.[CH-]=CC(=O)c1[c-]c(N2CCN(C(=O)OC(C)(C)C)CC2)ccc1C.[Cr+3]. The number of nitrogens with zero attached hydrogens (tertiary/aromatic N) is 3. The number of benzene rings is 2. The van der Waals surface area contributed by atoms with Crippen molar-refractivity contribution in [2.75, 3.05) is 67.6 Å². The maximum atomic E-state index is 12.1. The third kappa shape index (κ3) is 9.70. The molecule has 2 aromatic carbocycles. The molecule has 0 unspecified atom stereocenters. The number of hydrogen-bond donors (Lipinski definition) is 1. The summed E-state index contributed by atoms with van der Waals surface area (Å²) >= 11 is 0.